The first-order valence-electron chi connectivity index (χ1n) is 8.66. The first-order valence-corrected chi connectivity index (χ1v) is 9.71. The van der Waals surface area contributed by atoms with Crippen LogP contribution in [0.5, 0.6) is 0 Å². The number of hydrogen-bond acceptors (Lipinski definition) is 6. The van der Waals surface area contributed by atoms with Crippen LogP contribution in [0.4, 0.5) is 5.82 Å². The molecular weight excluding hydrogens is 336 g/mol. The molecule has 3 heterocycles. The van der Waals surface area contributed by atoms with Crippen LogP contribution >= 0.6 is 11.8 Å². The molecule has 25 heavy (non-hydrogen) atoms. The van der Waals surface area contributed by atoms with Gasteiger partial charge in [-0.1, -0.05) is 6.92 Å². The Labute approximate surface area is 152 Å². The third kappa shape index (κ3) is 4.15. The fraction of sp³-hybridized carbons (Fsp3) is 0.625. The SMILES string of the molecule is CCC1CN(C(=NC)NCCNc2ncnc3c2cnn3C)CCS1. The molecule has 0 aromatic carbocycles. The zero-order chi connectivity index (χ0) is 17.6. The molecule has 2 N–H and O–H groups in total. The lowest BCUT2D eigenvalue weighted by atomic mass is 10.3. The summed E-state index contributed by atoms with van der Waals surface area (Å²) >= 11 is 2.06. The van der Waals surface area contributed by atoms with Crippen LogP contribution in [0.3, 0.4) is 0 Å². The summed E-state index contributed by atoms with van der Waals surface area (Å²) in [5.74, 6) is 2.96. The van der Waals surface area contributed by atoms with E-state index in [4.69, 9.17) is 0 Å². The highest BCUT2D eigenvalue weighted by molar-refractivity contribution is 8.00. The molecular formula is C16H26N8S. The Kier molecular flexibility index (Phi) is 5.95. The summed E-state index contributed by atoms with van der Waals surface area (Å²) < 4.78 is 1.75. The second-order valence-electron chi connectivity index (χ2n) is 5.98. The minimum Gasteiger partial charge on any atom is -0.368 e. The van der Waals surface area contributed by atoms with Crippen molar-refractivity contribution in [3.8, 4) is 0 Å². The summed E-state index contributed by atoms with van der Waals surface area (Å²) in [6.07, 6.45) is 4.56. The van der Waals surface area contributed by atoms with Crippen molar-refractivity contribution in [2.24, 2.45) is 12.0 Å². The minimum atomic E-state index is 0.699. The Morgan fingerprint density at radius 3 is 3.08 bits per heavy atom. The summed E-state index contributed by atoms with van der Waals surface area (Å²) in [6.45, 7) is 5.90. The van der Waals surface area contributed by atoms with Gasteiger partial charge in [-0.25, -0.2) is 9.97 Å². The molecule has 3 rings (SSSR count). The van der Waals surface area contributed by atoms with Crippen LogP contribution in [-0.2, 0) is 7.05 Å². The van der Waals surface area contributed by atoms with Gasteiger partial charge < -0.3 is 15.5 Å². The van der Waals surface area contributed by atoms with Gasteiger partial charge in [-0.2, -0.15) is 16.9 Å². The number of hydrogen-bond donors (Lipinski definition) is 2. The Balaban J connectivity index is 1.51. The van der Waals surface area contributed by atoms with E-state index in [0.29, 0.717) is 5.25 Å². The lowest BCUT2D eigenvalue weighted by Crippen LogP contribution is -2.48. The fourth-order valence-electron chi connectivity index (χ4n) is 2.95. The first-order chi connectivity index (χ1) is 12.2. The van der Waals surface area contributed by atoms with Gasteiger partial charge in [-0.3, -0.25) is 9.67 Å². The molecule has 0 aliphatic carbocycles. The van der Waals surface area contributed by atoms with E-state index in [-0.39, 0.29) is 0 Å². The minimum absolute atomic E-state index is 0.699. The van der Waals surface area contributed by atoms with Gasteiger partial charge in [0, 0.05) is 51.3 Å². The summed E-state index contributed by atoms with van der Waals surface area (Å²) in [4.78, 5) is 15.4. The molecule has 0 saturated carbocycles. The number of aromatic nitrogens is 4. The summed E-state index contributed by atoms with van der Waals surface area (Å²) in [5.41, 5.74) is 0.831. The monoisotopic (exact) mass is 362 g/mol. The van der Waals surface area contributed by atoms with Crippen LogP contribution in [0.25, 0.3) is 11.0 Å². The van der Waals surface area contributed by atoms with Gasteiger partial charge in [0.05, 0.1) is 11.6 Å². The van der Waals surface area contributed by atoms with Gasteiger partial charge in [0.1, 0.15) is 12.1 Å². The van der Waals surface area contributed by atoms with Gasteiger partial charge in [0.25, 0.3) is 0 Å². The van der Waals surface area contributed by atoms with Crippen molar-refractivity contribution in [3.63, 3.8) is 0 Å². The van der Waals surface area contributed by atoms with E-state index in [1.165, 1.54) is 6.42 Å². The summed E-state index contributed by atoms with van der Waals surface area (Å²) in [7, 11) is 3.73. The lowest BCUT2D eigenvalue weighted by molar-refractivity contribution is 0.409. The van der Waals surface area contributed by atoms with Crippen molar-refractivity contribution < 1.29 is 0 Å². The van der Waals surface area contributed by atoms with Gasteiger partial charge >= 0.3 is 0 Å². The van der Waals surface area contributed by atoms with Crippen molar-refractivity contribution in [2.75, 3.05) is 44.3 Å². The molecule has 2 aromatic rings. The molecule has 0 bridgehead atoms. The zero-order valence-corrected chi connectivity index (χ0v) is 15.9. The number of aryl methyl sites for hydroxylation is 1. The third-order valence-corrected chi connectivity index (χ3v) is 5.71. The van der Waals surface area contributed by atoms with Crippen LogP contribution < -0.4 is 10.6 Å². The van der Waals surface area contributed by atoms with Crippen LogP contribution in [-0.4, -0.2) is 74.8 Å². The van der Waals surface area contributed by atoms with Gasteiger partial charge in [0.2, 0.25) is 0 Å². The van der Waals surface area contributed by atoms with E-state index >= 15 is 0 Å². The number of guanidine groups is 1. The molecule has 1 atom stereocenters. The largest absolute Gasteiger partial charge is 0.368 e. The maximum Gasteiger partial charge on any atom is 0.193 e. The van der Waals surface area contributed by atoms with E-state index in [2.05, 4.69) is 54.3 Å². The second-order valence-corrected chi connectivity index (χ2v) is 7.38. The Morgan fingerprint density at radius 2 is 2.28 bits per heavy atom. The van der Waals surface area contributed by atoms with Crippen molar-refractivity contribution >= 4 is 34.6 Å². The number of aliphatic imine (C=N–C) groups is 1. The second kappa shape index (κ2) is 8.37. The van der Waals surface area contributed by atoms with Crippen molar-refractivity contribution in [3.05, 3.63) is 12.5 Å². The van der Waals surface area contributed by atoms with Gasteiger partial charge in [0.15, 0.2) is 11.6 Å². The summed E-state index contributed by atoms with van der Waals surface area (Å²) in [5, 5.41) is 12.7. The van der Waals surface area contributed by atoms with Crippen LogP contribution in [0.2, 0.25) is 0 Å². The van der Waals surface area contributed by atoms with E-state index in [0.717, 1.165) is 54.7 Å². The molecule has 136 valence electrons. The average Bonchev–Trinajstić information content (AvgIpc) is 3.04. The molecule has 1 aliphatic heterocycles. The highest BCUT2D eigenvalue weighted by atomic mass is 32.2. The van der Waals surface area contributed by atoms with Gasteiger partial charge in [-0.05, 0) is 6.42 Å². The van der Waals surface area contributed by atoms with E-state index in [1.807, 2.05) is 14.1 Å². The molecule has 1 fully saturated rings. The molecule has 0 spiro atoms. The van der Waals surface area contributed by atoms with Crippen LogP contribution in [0.15, 0.2) is 17.5 Å². The van der Waals surface area contributed by atoms with Crippen molar-refractivity contribution in [2.45, 2.75) is 18.6 Å². The fourth-order valence-corrected chi connectivity index (χ4v) is 4.13. The predicted octanol–water partition coefficient (Wildman–Crippen LogP) is 1.18. The van der Waals surface area contributed by atoms with E-state index in [9.17, 15) is 0 Å². The predicted molar refractivity (Wildman–Crippen MR) is 104 cm³/mol. The molecule has 9 heteroatoms. The lowest BCUT2D eigenvalue weighted by Gasteiger charge is -2.34. The standard InChI is InChI=1S/C16H26N8S/c1-4-12-10-24(7-8-25-12)16(17-2)19-6-5-18-14-13-9-22-23(3)15(13)21-11-20-14/h9,11-12H,4-8,10H2,1-3H3,(H,17,19)(H,18,20,21). The topological polar surface area (TPSA) is 83.3 Å². The molecule has 0 radical (unpaired) electrons. The Bertz CT molecular complexity index is 728. The number of fused-ring (bicyclic) bond motifs is 1. The molecule has 1 unspecified atom stereocenters. The molecule has 0 amide bonds. The molecule has 2 aromatic heterocycles. The third-order valence-electron chi connectivity index (χ3n) is 4.34. The number of anilines is 1. The number of thioether (sulfide) groups is 1. The molecule has 1 saturated heterocycles. The quantitative estimate of drug-likeness (QED) is 0.469. The zero-order valence-electron chi connectivity index (χ0n) is 15.1. The van der Waals surface area contributed by atoms with E-state index in [1.54, 1.807) is 17.2 Å². The Hall–Kier alpha value is -2.03. The highest BCUT2D eigenvalue weighted by Crippen LogP contribution is 2.21. The maximum absolute atomic E-state index is 4.43. The van der Waals surface area contributed by atoms with Crippen LogP contribution in [0.1, 0.15) is 13.3 Å². The van der Waals surface area contributed by atoms with Crippen LogP contribution in [0, 0.1) is 0 Å². The number of nitrogens with one attached hydrogen (secondary N) is 2. The maximum atomic E-state index is 4.43. The highest BCUT2D eigenvalue weighted by Gasteiger charge is 2.21. The Morgan fingerprint density at radius 1 is 1.40 bits per heavy atom. The smallest absolute Gasteiger partial charge is 0.193 e. The normalized spacial score (nSPS) is 18.6. The first kappa shape index (κ1) is 17.8. The van der Waals surface area contributed by atoms with E-state index < -0.39 is 0 Å². The summed E-state index contributed by atoms with van der Waals surface area (Å²) in [6, 6.07) is 0. The molecule has 8 nitrogen and oxygen atoms in total. The number of nitrogens with zero attached hydrogens (tertiary/aromatic N) is 6. The number of rotatable bonds is 5. The molecule has 1 aliphatic rings. The van der Waals surface area contributed by atoms with Gasteiger partial charge in [-0.15, -0.1) is 0 Å². The van der Waals surface area contributed by atoms with Crippen molar-refractivity contribution in [1.29, 1.82) is 0 Å². The van der Waals surface area contributed by atoms with Crippen molar-refractivity contribution in [1.82, 2.24) is 30.0 Å². The average molecular weight is 363 g/mol.